The summed E-state index contributed by atoms with van der Waals surface area (Å²) in [6.45, 7) is 6.25. The van der Waals surface area contributed by atoms with E-state index in [-0.39, 0.29) is 0 Å². The number of nitrogens with zero attached hydrogens (tertiary/aromatic N) is 1. The molecule has 0 radical (unpaired) electrons. The van der Waals surface area contributed by atoms with Crippen molar-refractivity contribution in [3.8, 4) is 0 Å². The normalized spacial score (nSPS) is 34.0. The number of rotatable bonds is 4. The quantitative estimate of drug-likeness (QED) is 0.761. The van der Waals surface area contributed by atoms with Crippen molar-refractivity contribution in [1.29, 1.82) is 0 Å². The average Bonchev–Trinajstić information content (AvgIpc) is 2.20. The van der Waals surface area contributed by atoms with Gasteiger partial charge in [-0.25, -0.2) is 0 Å². The third-order valence-corrected chi connectivity index (χ3v) is 4.03. The highest BCUT2D eigenvalue weighted by Crippen LogP contribution is 2.33. The molecule has 0 bridgehead atoms. The van der Waals surface area contributed by atoms with Crippen LogP contribution in [0.3, 0.4) is 0 Å². The zero-order valence-electron chi connectivity index (χ0n) is 9.82. The molecule has 2 atom stereocenters. The monoisotopic (exact) mass is 212 g/mol. The van der Waals surface area contributed by atoms with Crippen LogP contribution in [0.5, 0.6) is 0 Å². The lowest BCUT2D eigenvalue weighted by Crippen LogP contribution is -2.53. The summed E-state index contributed by atoms with van der Waals surface area (Å²) in [6, 6.07) is 0.789. The van der Waals surface area contributed by atoms with E-state index in [9.17, 15) is 0 Å². The molecular weight excluding hydrogens is 188 g/mol. The van der Waals surface area contributed by atoms with E-state index < -0.39 is 0 Å². The molecular formula is C12H24N2O. The Kier molecular flexibility index (Phi) is 4.00. The average molecular weight is 212 g/mol. The summed E-state index contributed by atoms with van der Waals surface area (Å²) in [5, 5.41) is 0. The third-order valence-electron chi connectivity index (χ3n) is 4.03. The standard InChI is InChI=1S/C12H24N2O/c1-2-15-11-5-7-14(8-6-11)12-4-3-10(12)9-13/h10-12H,2-9,13H2,1H3. The molecule has 0 amide bonds. The van der Waals surface area contributed by atoms with E-state index >= 15 is 0 Å². The van der Waals surface area contributed by atoms with Crippen molar-refractivity contribution in [1.82, 2.24) is 4.90 Å². The predicted molar refractivity (Wildman–Crippen MR) is 61.8 cm³/mol. The zero-order chi connectivity index (χ0) is 10.7. The van der Waals surface area contributed by atoms with Gasteiger partial charge >= 0.3 is 0 Å². The molecule has 88 valence electrons. The molecule has 2 fully saturated rings. The van der Waals surface area contributed by atoms with Crippen LogP contribution in [0, 0.1) is 5.92 Å². The van der Waals surface area contributed by atoms with Gasteiger partial charge in [-0.05, 0) is 45.1 Å². The van der Waals surface area contributed by atoms with Crippen molar-refractivity contribution in [3.63, 3.8) is 0 Å². The summed E-state index contributed by atoms with van der Waals surface area (Å²) in [5.41, 5.74) is 5.75. The lowest BCUT2D eigenvalue weighted by atomic mass is 9.78. The summed E-state index contributed by atoms with van der Waals surface area (Å²) >= 11 is 0. The van der Waals surface area contributed by atoms with Gasteiger partial charge in [0.2, 0.25) is 0 Å². The molecule has 0 aromatic heterocycles. The molecule has 0 aromatic rings. The van der Waals surface area contributed by atoms with Gasteiger partial charge in [0.1, 0.15) is 0 Å². The predicted octanol–water partition coefficient (Wildman–Crippen LogP) is 1.22. The Labute approximate surface area is 93.0 Å². The second-order valence-corrected chi connectivity index (χ2v) is 4.83. The van der Waals surface area contributed by atoms with Gasteiger partial charge in [0.25, 0.3) is 0 Å². The lowest BCUT2D eigenvalue weighted by Gasteiger charge is -2.46. The molecule has 1 aliphatic carbocycles. The molecule has 2 unspecified atom stereocenters. The molecule has 2 aliphatic rings. The molecule has 3 heteroatoms. The minimum absolute atomic E-state index is 0.516. The van der Waals surface area contributed by atoms with Crippen molar-refractivity contribution < 1.29 is 4.74 Å². The largest absolute Gasteiger partial charge is 0.378 e. The molecule has 0 spiro atoms. The highest BCUT2D eigenvalue weighted by molar-refractivity contribution is 4.91. The van der Waals surface area contributed by atoms with Crippen LogP contribution in [0.25, 0.3) is 0 Å². The van der Waals surface area contributed by atoms with Gasteiger partial charge in [-0.2, -0.15) is 0 Å². The Morgan fingerprint density at radius 1 is 1.20 bits per heavy atom. The van der Waals surface area contributed by atoms with E-state index in [2.05, 4.69) is 11.8 Å². The first kappa shape index (κ1) is 11.4. The van der Waals surface area contributed by atoms with Gasteiger partial charge in [-0.15, -0.1) is 0 Å². The summed E-state index contributed by atoms with van der Waals surface area (Å²) in [4.78, 5) is 2.64. The maximum absolute atomic E-state index is 5.75. The van der Waals surface area contributed by atoms with E-state index in [4.69, 9.17) is 10.5 Å². The second-order valence-electron chi connectivity index (χ2n) is 4.83. The van der Waals surface area contributed by atoms with E-state index in [0.29, 0.717) is 6.10 Å². The van der Waals surface area contributed by atoms with Gasteiger partial charge in [0.15, 0.2) is 0 Å². The number of hydrogen-bond donors (Lipinski definition) is 1. The Morgan fingerprint density at radius 3 is 2.40 bits per heavy atom. The summed E-state index contributed by atoms with van der Waals surface area (Å²) in [5.74, 6) is 0.772. The number of likely N-dealkylation sites (tertiary alicyclic amines) is 1. The summed E-state index contributed by atoms with van der Waals surface area (Å²) in [7, 11) is 0. The molecule has 3 nitrogen and oxygen atoms in total. The maximum atomic E-state index is 5.75. The van der Waals surface area contributed by atoms with E-state index in [1.54, 1.807) is 0 Å². The van der Waals surface area contributed by atoms with Crippen LogP contribution in [0.4, 0.5) is 0 Å². The van der Waals surface area contributed by atoms with Crippen molar-refractivity contribution in [2.75, 3.05) is 26.2 Å². The van der Waals surface area contributed by atoms with Crippen molar-refractivity contribution in [2.45, 2.75) is 44.8 Å². The van der Waals surface area contributed by atoms with Crippen LogP contribution >= 0.6 is 0 Å². The number of ether oxygens (including phenoxy) is 1. The van der Waals surface area contributed by atoms with Crippen LogP contribution in [-0.2, 0) is 4.74 Å². The van der Waals surface area contributed by atoms with Gasteiger partial charge in [0.05, 0.1) is 6.10 Å². The molecule has 1 saturated heterocycles. The first-order valence-electron chi connectivity index (χ1n) is 6.40. The minimum Gasteiger partial charge on any atom is -0.378 e. The molecule has 1 heterocycles. The van der Waals surface area contributed by atoms with Gasteiger partial charge in [-0.3, -0.25) is 4.90 Å². The number of nitrogens with two attached hydrogens (primary N) is 1. The maximum Gasteiger partial charge on any atom is 0.0599 e. The van der Waals surface area contributed by atoms with E-state index in [1.807, 2.05) is 0 Å². The fraction of sp³-hybridized carbons (Fsp3) is 1.00. The van der Waals surface area contributed by atoms with Crippen LogP contribution in [0.1, 0.15) is 32.6 Å². The first-order chi connectivity index (χ1) is 7.35. The van der Waals surface area contributed by atoms with E-state index in [0.717, 1.165) is 25.1 Å². The fourth-order valence-corrected chi connectivity index (χ4v) is 2.92. The minimum atomic E-state index is 0.516. The second kappa shape index (κ2) is 5.28. The topological polar surface area (TPSA) is 38.5 Å². The molecule has 2 N–H and O–H groups in total. The SMILES string of the molecule is CCOC1CCN(C2CCC2CN)CC1. The van der Waals surface area contributed by atoms with Crippen LogP contribution in [-0.4, -0.2) is 43.3 Å². The molecule has 1 aliphatic heterocycles. The highest BCUT2D eigenvalue weighted by atomic mass is 16.5. The lowest BCUT2D eigenvalue weighted by molar-refractivity contribution is -0.0210. The van der Waals surface area contributed by atoms with Gasteiger partial charge in [0, 0.05) is 25.7 Å². The van der Waals surface area contributed by atoms with Gasteiger partial charge in [-0.1, -0.05) is 0 Å². The Morgan fingerprint density at radius 2 is 1.93 bits per heavy atom. The molecule has 0 aromatic carbocycles. The summed E-state index contributed by atoms with van der Waals surface area (Å²) < 4.78 is 5.66. The first-order valence-corrected chi connectivity index (χ1v) is 6.40. The summed E-state index contributed by atoms with van der Waals surface area (Å²) in [6.07, 6.45) is 5.64. The molecule has 15 heavy (non-hydrogen) atoms. The Hall–Kier alpha value is -0.120. The van der Waals surface area contributed by atoms with Crippen LogP contribution < -0.4 is 5.73 Å². The fourth-order valence-electron chi connectivity index (χ4n) is 2.92. The number of hydrogen-bond acceptors (Lipinski definition) is 3. The third kappa shape index (κ3) is 2.52. The van der Waals surface area contributed by atoms with Crippen LogP contribution in [0.15, 0.2) is 0 Å². The molecule has 2 rings (SSSR count). The Balaban J connectivity index is 1.73. The highest BCUT2D eigenvalue weighted by Gasteiger charge is 2.35. The van der Waals surface area contributed by atoms with Crippen molar-refractivity contribution >= 4 is 0 Å². The van der Waals surface area contributed by atoms with E-state index in [1.165, 1.54) is 38.8 Å². The Bertz CT molecular complexity index is 188. The van der Waals surface area contributed by atoms with Crippen molar-refractivity contribution in [2.24, 2.45) is 11.7 Å². The van der Waals surface area contributed by atoms with Crippen LogP contribution in [0.2, 0.25) is 0 Å². The number of piperidine rings is 1. The van der Waals surface area contributed by atoms with Crippen molar-refractivity contribution in [3.05, 3.63) is 0 Å². The smallest absolute Gasteiger partial charge is 0.0599 e. The zero-order valence-corrected chi connectivity index (χ0v) is 9.82. The molecule has 1 saturated carbocycles. The van der Waals surface area contributed by atoms with Gasteiger partial charge < -0.3 is 10.5 Å².